The van der Waals surface area contributed by atoms with Crippen LogP contribution < -0.4 is 19.9 Å². The number of rotatable bonds is 6. The molecular weight excluding hydrogens is 222 g/mol. The summed E-state index contributed by atoms with van der Waals surface area (Å²) in [4.78, 5) is 0. The Morgan fingerprint density at radius 1 is 1.29 bits per heavy atom. The van der Waals surface area contributed by atoms with E-state index in [-0.39, 0.29) is 12.5 Å². The van der Waals surface area contributed by atoms with E-state index < -0.39 is 0 Å². The van der Waals surface area contributed by atoms with Crippen LogP contribution in [0.3, 0.4) is 0 Å². The first kappa shape index (κ1) is 13.4. The number of benzene rings is 1. The second-order valence-corrected chi connectivity index (χ2v) is 3.85. The highest BCUT2D eigenvalue weighted by Crippen LogP contribution is 2.37. The Hall–Kier alpha value is -1.62. The Morgan fingerprint density at radius 2 is 2.00 bits per heavy atom. The SMILES string of the molecule is COc1cc(N)c(OC[C@@H](C)CO)c(OC)c1. The van der Waals surface area contributed by atoms with E-state index in [1.54, 1.807) is 19.2 Å². The van der Waals surface area contributed by atoms with Crippen LogP contribution in [0.5, 0.6) is 17.2 Å². The van der Waals surface area contributed by atoms with Crippen molar-refractivity contribution >= 4 is 5.69 Å². The van der Waals surface area contributed by atoms with E-state index in [1.807, 2.05) is 6.92 Å². The zero-order valence-electron chi connectivity index (χ0n) is 10.4. The Kier molecular flexibility index (Phi) is 4.90. The molecule has 5 nitrogen and oxygen atoms in total. The van der Waals surface area contributed by atoms with Gasteiger partial charge in [-0.2, -0.15) is 0 Å². The molecule has 0 aliphatic heterocycles. The van der Waals surface area contributed by atoms with Gasteiger partial charge in [-0.1, -0.05) is 6.92 Å². The van der Waals surface area contributed by atoms with Crippen molar-refractivity contribution in [2.24, 2.45) is 5.92 Å². The minimum atomic E-state index is 0.0428. The van der Waals surface area contributed by atoms with Crippen molar-refractivity contribution in [1.29, 1.82) is 0 Å². The molecule has 0 saturated heterocycles. The van der Waals surface area contributed by atoms with Crippen molar-refractivity contribution < 1.29 is 19.3 Å². The van der Waals surface area contributed by atoms with Crippen LogP contribution in [0.15, 0.2) is 12.1 Å². The normalized spacial score (nSPS) is 12.0. The predicted molar refractivity (Wildman–Crippen MR) is 65.7 cm³/mol. The summed E-state index contributed by atoms with van der Waals surface area (Å²) in [6.45, 7) is 2.33. The molecule has 0 aromatic heterocycles. The minimum absolute atomic E-state index is 0.0428. The molecule has 0 spiro atoms. The number of nitrogen functional groups attached to an aromatic ring is 1. The molecule has 0 amide bonds. The van der Waals surface area contributed by atoms with Gasteiger partial charge in [-0.3, -0.25) is 0 Å². The molecule has 3 N–H and O–H groups in total. The second-order valence-electron chi connectivity index (χ2n) is 3.85. The van der Waals surface area contributed by atoms with Crippen LogP contribution in [-0.4, -0.2) is 32.5 Å². The van der Waals surface area contributed by atoms with Crippen molar-refractivity contribution in [3.63, 3.8) is 0 Å². The summed E-state index contributed by atoms with van der Waals surface area (Å²) in [7, 11) is 3.10. The summed E-state index contributed by atoms with van der Waals surface area (Å²) in [5.74, 6) is 1.66. The maximum Gasteiger partial charge on any atom is 0.184 e. The van der Waals surface area contributed by atoms with E-state index in [1.165, 1.54) is 7.11 Å². The van der Waals surface area contributed by atoms with Crippen molar-refractivity contribution in [2.75, 3.05) is 33.2 Å². The van der Waals surface area contributed by atoms with Gasteiger partial charge in [0.1, 0.15) is 5.75 Å². The number of anilines is 1. The third-order valence-corrected chi connectivity index (χ3v) is 2.34. The molecule has 0 saturated carbocycles. The van der Waals surface area contributed by atoms with Gasteiger partial charge in [-0.15, -0.1) is 0 Å². The molecule has 17 heavy (non-hydrogen) atoms. The third kappa shape index (κ3) is 3.42. The van der Waals surface area contributed by atoms with Crippen LogP contribution in [0.25, 0.3) is 0 Å². The van der Waals surface area contributed by atoms with Crippen molar-refractivity contribution in [3.8, 4) is 17.2 Å². The summed E-state index contributed by atoms with van der Waals surface area (Å²) in [5, 5.41) is 8.93. The minimum Gasteiger partial charge on any atom is -0.497 e. The van der Waals surface area contributed by atoms with E-state index in [2.05, 4.69) is 0 Å². The van der Waals surface area contributed by atoms with Crippen molar-refractivity contribution in [1.82, 2.24) is 0 Å². The Balaban J connectivity index is 2.89. The number of nitrogens with two attached hydrogens (primary N) is 1. The highest BCUT2D eigenvalue weighted by molar-refractivity contribution is 5.63. The number of aliphatic hydroxyl groups is 1. The molecule has 0 unspecified atom stereocenters. The van der Waals surface area contributed by atoms with Gasteiger partial charge in [0.2, 0.25) is 0 Å². The Labute approximate surface area is 101 Å². The quantitative estimate of drug-likeness (QED) is 0.734. The van der Waals surface area contributed by atoms with E-state index in [0.717, 1.165) is 0 Å². The molecule has 5 heteroatoms. The van der Waals surface area contributed by atoms with Crippen LogP contribution in [0.2, 0.25) is 0 Å². The van der Waals surface area contributed by atoms with Crippen molar-refractivity contribution in [3.05, 3.63) is 12.1 Å². The highest BCUT2D eigenvalue weighted by atomic mass is 16.5. The van der Waals surface area contributed by atoms with Gasteiger partial charge in [0, 0.05) is 24.7 Å². The van der Waals surface area contributed by atoms with Gasteiger partial charge in [0.25, 0.3) is 0 Å². The van der Waals surface area contributed by atoms with Gasteiger partial charge in [-0.25, -0.2) is 0 Å². The lowest BCUT2D eigenvalue weighted by atomic mass is 10.2. The smallest absolute Gasteiger partial charge is 0.184 e. The Morgan fingerprint density at radius 3 is 2.53 bits per heavy atom. The fraction of sp³-hybridized carbons (Fsp3) is 0.500. The first-order valence-electron chi connectivity index (χ1n) is 5.37. The Bertz CT molecular complexity index is 368. The summed E-state index contributed by atoms with van der Waals surface area (Å²) < 4.78 is 15.8. The van der Waals surface area contributed by atoms with Gasteiger partial charge in [0.15, 0.2) is 11.5 Å². The molecule has 1 aromatic carbocycles. The molecule has 1 aromatic rings. The molecule has 0 fully saturated rings. The molecule has 1 rings (SSSR count). The number of hydrogen-bond acceptors (Lipinski definition) is 5. The van der Waals surface area contributed by atoms with Crippen LogP contribution >= 0.6 is 0 Å². The number of hydrogen-bond donors (Lipinski definition) is 2. The average Bonchev–Trinajstić information content (AvgIpc) is 2.35. The largest absolute Gasteiger partial charge is 0.497 e. The van der Waals surface area contributed by atoms with Gasteiger partial charge >= 0.3 is 0 Å². The zero-order valence-corrected chi connectivity index (χ0v) is 10.4. The maximum atomic E-state index is 8.93. The van der Waals surface area contributed by atoms with Gasteiger partial charge in [0.05, 0.1) is 26.5 Å². The molecule has 0 radical (unpaired) electrons. The second kappa shape index (κ2) is 6.20. The number of ether oxygens (including phenoxy) is 3. The highest BCUT2D eigenvalue weighted by Gasteiger charge is 2.12. The molecule has 1 atom stereocenters. The molecular formula is C12H19NO4. The first-order valence-corrected chi connectivity index (χ1v) is 5.37. The lowest BCUT2D eigenvalue weighted by Crippen LogP contribution is -2.13. The van der Waals surface area contributed by atoms with Crippen molar-refractivity contribution in [2.45, 2.75) is 6.92 Å². The van der Waals surface area contributed by atoms with Gasteiger partial charge in [-0.05, 0) is 0 Å². The van der Waals surface area contributed by atoms with Crippen LogP contribution in [0, 0.1) is 5.92 Å². The topological polar surface area (TPSA) is 73.9 Å². The first-order chi connectivity index (χ1) is 8.12. The number of methoxy groups -OCH3 is 2. The summed E-state index contributed by atoms with van der Waals surface area (Å²) >= 11 is 0. The third-order valence-electron chi connectivity index (χ3n) is 2.34. The molecule has 0 bridgehead atoms. The lowest BCUT2D eigenvalue weighted by molar-refractivity contribution is 0.171. The predicted octanol–water partition coefficient (Wildman–Crippen LogP) is 1.29. The van der Waals surface area contributed by atoms with Crippen LogP contribution in [0.4, 0.5) is 5.69 Å². The van der Waals surface area contributed by atoms with E-state index >= 15 is 0 Å². The van der Waals surface area contributed by atoms with Crippen LogP contribution in [-0.2, 0) is 0 Å². The van der Waals surface area contributed by atoms with Crippen LogP contribution in [0.1, 0.15) is 6.92 Å². The average molecular weight is 241 g/mol. The van der Waals surface area contributed by atoms with E-state index in [0.29, 0.717) is 29.5 Å². The van der Waals surface area contributed by atoms with E-state index in [4.69, 9.17) is 25.1 Å². The summed E-state index contributed by atoms with van der Waals surface area (Å²) in [6, 6.07) is 3.37. The summed E-state index contributed by atoms with van der Waals surface area (Å²) in [5.41, 5.74) is 6.30. The fourth-order valence-corrected chi connectivity index (χ4v) is 1.30. The van der Waals surface area contributed by atoms with E-state index in [9.17, 15) is 0 Å². The molecule has 0 aliphatic carbocycles. The molecule has 96 valence electrons. The summed E-state index contributed by atoms with van der Waals surface area (Å²) in [6.07, 6.45) is 0. The van der Waals surface area contributed by atoms with Gasteiger partial charge < -0.3 is 25.1 Å². The standard InChI is InChI=1S/C12H19NO4/c1-8(6-14)7-17-12-10(13)4-9(15-2)5-11(12)16-3/h4-5,8,14H,6-7,13H2,1-3H3/t8-/m0/s1. The fourth-order valence-electron chi connectivity index (χ4n) is 1.30. The number of aliphatic hydroxyl groups excluding tert-OH is 1. The maximum absolute atomic E-state index is 8.93. The molecule has 0 aliphatic rings. The monoisotopic (exact) mass is 241 g/mol. The lowest BCUT2D eigenvalue weighted by Gasteiger charge is -2.16. The zero-order chi connectivity index (χ0) is 12.8. The molecule has 0 heterocycles.